The van der Waals surface area contributed by atoms with Crippen LogP contribution in [0.3, 0.4) is 0 Å². The highest BCUT2D eigenvalue weighted by atomic mass is 16.5. The lowest BCUT2D eigenvalue weighted by Crippen LogP contribution is -2.13. The first-order valence-corrected chi connectivity index (χ1v) is 10.0. The predicted octanol–water partition coefficient (Wildman–Crippen LogP) is 5.74. The Bertz CT molecular complexity index is 363. The van der Waals surface area contributed by atoms with E-state index < -0.39 is 0 Å². The van der Waals surface area contributed by atoms with Gasteiger partial charge in [-0.15, -0.1) is 0 Å². The molecule has 0 aromatic carbocycles. The van der Waals surface area contributed by atoms with Crippen molar-refractivity contribution in [3.05, 3.63) is 12.2 Å². The summed E-state index contributed by atoms with van der Waals surface area (Å²) in [6.07, 6.45) is 18.2. The van der Waals surface area contributed by atoms with Gasteiger partial charge in [0.2, 0.25) is 0 Å². The molecule has 0 aromatic rings. The smallest absolute Gasteiger partial charge is 0.305 e. The second kappa shape index (κ2) is 17.5. The largest absolute Gasteiger partial charge is 0.469 e. The molecule has 0 aliphatic carbocycles. The highest BCUT2D eigenvalue weighted by Crippen LogP contribution is 2.12. The molecule has 0 bridgehead atoms. The maximum Gasteiger partial charge on any atom is 0.305 e. The predicted molar refractivity (Wildman–Crippen MR) is 102 cm³/mol. The van der Waals surface area contributed by atoms with E-state index in [1.54, 1.807) is 0 Å². The summed E-state index contributed by atoms with van der Waals surface area (Å²) in [5.74, 6) is -0.317. The van der Waals surface area contributed by atoms with E-state index in [1.165, 1.54) is 46.1 Å². The Hall–Kier alpha value is -1.32. The molecule has 4 nitrogen and oxygen atoms in total. The molecule has 0 N–H and O–H groups in total. The van der Waals surface area contributed by atoms with Crippen molar-refractivity contribution in [2.75, 3.05) is 7.11 Å². The zero-order valence-corrected chi connectivity index (χ0v) is 16.6. The minimum atomic E-state index is -0.200. The van der Waals surface area contributed by atoms with Crippen molar-refractivity contribution in [1.29, 1.82) is 0 Å². The molecule has 0 amide bonds. The van der Waals surface area contributed by atoms with E-state index in [1.807, 2.05) is 0 Å². The molecule has 0 aliphatic heterocycles. The number of rotatable bonds is 16. The molecule has 146 valence electrons. The first-order valence-electron chi connectivity index (χ1n) is 10.0. The van der Waals surface area contributed by atoms with E-state index in [-0.39, 0.29) is 18.0 Å². The summed E-state index contributed by atoms with van der Waals surface area (Å²) in [6, 6.07) is 0. The highest BCUT2D eigenvalue weighted by Gasteiger charge is 2.07. The van der Waals surface area contributed by atoms with Crippen molar-refractivity contribution in [1.82, 2.24) is 0 Å². The Labute approximate surface area is 154 Å². The number of carbonyl (C=O) groups is 2. The number of unbranched alkanes of at least 4 members (excludes halogenated alkanes) is 9. The molecule has 4 heteroatoms. The lowest BCUT2D eigenvalue weighted by Gasteiger charge is -2.13. The Kier molecular flexibility index (Phi) is 16.6. The van der Waals surface area contributed by atoms with Crippen LogP contribution in [0.2, 0.25) is 0 Å². The Balaban J connectivity index is 3.75. The van der Waals surface area contributed by atoms with Gasteiger partial charge >= 0.3 is 11.9 Å². The number of ether oxygens (including phenoxy) is 2. The van der Waals surface area contributed by atoms with Gasteiger partial charge in [0.1, 0.15) is 6.10 Å². The van der Waals surface area contributed by atoms with Gasteiger partial charge in [-0.1, -0.05) is 57.9 Å². The molecule has 0 heterocycles. The van der Waals surface area contributed by atoms with Crippen LogP contribution < -0.4 is 0 Å². The summed E-state index contributed by atoms with van der Waals surface area (Å²) < 4.78 is 10.0. The summed E-state index contributed by atoms with van der Waals surface area (Å²) in [5, 5.41) is 0. The van der Waals surface area contributed by atoms with E-state index in [0.717, 1.165) is 44.9 Å². The van der Waals surface area contributed by atoms with Crippen molar-refractivity contribution >= 4 is 11.9 Å². The Morgan fingerprint density at radius 1 is 0.920 bits per heavy atom. The van der Waals surface area contributed by atoms with Crippen LogP contribution in [0.25, 0.3) is 0 Å². The van der Waals surface area contributed by atoms with E-state index >= 15 is 0 Å². The summed E-state index contributed by atoms with van der Waals surface area (Å²) in [6.45, 7) is 3.69. The Morgan fingerprint density at radius 2 is 1.56 bits per heavy atom. The fourth-order valence-corrected chi connectivity index (χ4v) is 2.77. The van der Waals surface area contributed by atoms with Crippen LogP contribution in [0, 0.1) is 0 Å². The third kappa shape index (κ3) is 17.3. The number of hydrogen-bond acceptors (Lipinski definition) is 4. The second-order valence-electron chi connectivity index (χ2n) is 6.66. The summed E-state index contributed by atoms with van der Waals surface area (Å²) in [5.41, 5.74) is 0. The summed E-state index contributed by atoms with van der Waals surface area (Å²) in [7, 11) is 1.43. The molecule has 0 fully saturated rings. The van der Waals surface area contributed by atoms with Crippen LogP contribution in [0.1, 0.15) is 97.3 Å². The fraction of sp³-hybridized carbons (Fsp3) is 0.810. The second-order valence-corrected chi connectivity index (χ2v) is 6.66. The van der Waals surface area contributed by atoms with Crippen LogP contribution in [0.5, 0.6) is 0 Å². The molecule has 0 spiro atoms. The van der Waals surface area contributed by atoms with Gasteiger partial charge in [0.05, 0.1) is 7.11 Å². The standard InChI is InChI=1S/C21H38O4/c1-4-5-6-10-13-16-20(25-19(2)22)17-14-11-8-7-9-12-15-18-21(23)24-3/h14,17,20H,4-13,15-16,18H2,1-3H3/b17-14-. The normalized spacial score (nSPS) is 12.3. The van der Waals surface area contributed by atoms with Crippen LogP contribution in [-0.4, -0.2) is 25.2 Å². The lowest BCUT2D eigenvalue weighted by atomic mass is 10.1. The quantitative estimate of drug-likeness (QED) is 0.201. The van der Waals surface area contributed by atoms with Gasteiger partial charge in [-0.25, -0.2) is 0 Å². The van der Waals surface area contributed by atoms with E-state index in [0.29, 0.717) is 6.42 Å². The highest BCUT2D eigenvalue weighted by molar-refractivity contribution is 5.69. The van der Waals surface area contributed by atoms with Gasteiger partial charge in [0.25, 0.3) is 0 Å². The molecule has 25 heavy (non-hydrogen) atoms. The number of hydrogen-bond donors (Lipinski definition) is 0. The monoisotopic (exact) mass is 354 g/mol. The molecule has 0 rings (SSSR count). The molecule has 1 unspecified atom stereocenters. The van der Waals surface area contributed by atoms with Crippen LogP contribution >= 0.6 is 0 Å². The molecular formula is C21H38O4. The van der Waals surface area contributed by atoms with Crippen LogP contribution in [-0.2, 0) is 19.1 Å². The van der Waals surface area contributed by atoms with Crippen LogP contribution in [0.4, 0.5) is 0 Å². The van der Waals surface area contributed by atoms with Gasteiger partial charge in [0, 0.05) is 13.3 Å². The summed E-state index contributed by atoms with van der Waals surface area (Å²) in [4.78, 5) is 22.2. The van der Waals surface area contributed by atoms with E-state index in [4.69, 9.17) is 4.74 Å². The molecule has 0 saturated carbocycles. The van der Waals surface area contributed by atoms with Gasteiger partial charge in [-0.2, -0.15) is 0 Å². The maximum absolute atomic E-state index is 11.2. The van der Waals surface area contributed by atoms with Gasteiger partial charge in [0.15, 0.2) is 0 Å². The fourth-order valence-electron chi connectivity index (χ4n) is 2.77. The van der Waals surface area contributed by atoms with Crippen molar-refractivity contribution in [2.24, 2.45) is 0 Å². The van der Waals surface area contributed by atoms with Gasteiger partial charge < -0.3 is 9.47 Å². The lowest BCUT2D eigenvalue weighted by molar-refractivity contribution is -0.144. The summed E-state index contributed by atoms with van der Waals surface area (Å²) >= 11 is 0. The van der Waals surface area contributed by atoms with Gasteiger partial charge in [-0.3, -0.25) is 9.59 Å². The van der Waals surface area contributed by atoms with E-state index in [9.17, 15) is 9.59 Å². The molecule has 0 saturated heterocycles. The average molecular weight is 355 g/mol. The molecule has 0 radical (unpaired) electrons. The van der Waals surface area contributed by atoms with Gasteiger partial charge in [-0.05, 0) is 38.2 Å². The van der Waals surface area contributed by atoms with Crippen molar-refractivity contribution in [2.45, 2.75) is 103 Å². The third-order valence-electron chi connectivity index (χ3n) is 4.24. The zero-order valence-electron chi connectivity index (χ0n) is 16.6. The average Bonchev–Trinajstić information content (AvgIpc) is 2.58. The zero-order chi connectivity index (χ0) is 18.8. The minimum Gasteiger partial charge on any atom is -0.469 e. The SMILES string of the molecule is CCCCCCCC(/C=C\CCCCCCCC(=O)OC)OC(C)=O. The van der Waals surface area contributed by atoms with Crippen molar-refractivity contribution in [3.63, 3.8) is 0 Å². The molecular weight excluding hydrogens is 316 g/mol. The minimum absolute atomic E-state index is 0.0702. The number of esters is 2. The van der Waals surface area contributed by atoms with Crippen LogP contribution in [0.15, 0.2) is 12.2 Å². The Morgan fingerprint density at radius 3 is 2.24 bits per heavy atom. The third-order valence-corrected chi connectivity index (χ3v) is 4.24. The first-order chi connectivity index (χ1) is 12.1. The molecule has 0 aliphatic rings. The number of methoxy groups -OCH3 is 1. The topological polar surface area (TPSA) is 52.6 Å². The van der Waals surface area contributed by atoms with Crippen molar-refractivity contribution in [3.8, 4) is 0 Å². The van der Waals surface area contributed by atoms with Crippen molar-refractivity contribution < 1.29 is 19.1 Å². The number of carbonyl (C=O) groups excluding carboxylic acids is 2. The molecule has 0 aromatic heterocycles. The number of allylic oxidation sites excluding steroid dienone is 1. The molecule has 1 atom stereocenters. The first kappa shape index (κ1) is 23.7. The maximum atomic E-state index is 11.2. The van der Waals surface area contributed by atoms with E-state index in [2.05, 4.69) is 23.8 Å².